The second kappa shape index (κ2) is 8.10. The van der Waals surface area contributed by atoms with Gasteiger partial charge in [0, 0.05) is 17.8 Å². The van der Waals surface area contributed by atoms with Crippen molar-refractivity contribution < 1.29 is 9.13 Å². The van der Waals surface area contributed by atoms with E-state index in [1.807, 2.05) is 0 Å². The van der Waals surface area contributed by atoms with Gasteiger partial charge in [0.15, 0.2) is 11.6 Å². The average molecular weight is 308 g/mol. The lowest BCUT2D eigenvalue weighted by molar-refractivity contribution is 0.305. The molecular weight excluding hydrogens is 287 g/mol. The molecule has 0 atom stereocenters. The summed E-state index contributed by atoms with van der Waals surface area (Å²) in [5, 5.41) is 4.38. The van der Waals surface area contributed by atoms with Crippen LogP contribution in [-0.4, -0.2) is 18.1 Å². The van der Waals surface area contributed by atoms with Gasteiger partial charge in [0.25, 0.3) is 0 Å². The average Bonchev–Trinajstić information content (AvgIpc) is 2.89. The number of benzene rings is 1. The summed E-state index contributed by atoms with van der Waals surface area (Å²) in [6.45, 7) is 6.47. The largest absolute Gasteiger partial charge is 0.490 e. The predicted octanol–water partition coefficient (Wildman–Crippen LogP) is 3.58. The second-order valence-corrected chi connectivity index (χ2v) is 5.81. The van der Waals surface area contributed by atoms with Gasteiger partial charge in [-0.25, -0.2) is 9.37 Å². The number of para-hydroxylation sites is 1. The molecule has 114 valence electrons. The highest BCUT2D eigenvalue weighted by molar-refractivity contribution is 7.11. The van der Waals surface area contributed by atoms with Crippen LogP contribution in [0.25, 0.3) is 0 Å². The number of thiazole rings is 1. The molecule has 0 saturated carbocycles. The minimum Gasteiger partial charge on any atom is -0.490 e. The van der Waals surface area contributed by atoms with Crippen LogP contribution in [0.5, 0.6) is 5.75 Å². The maximum atomic E-state index is 13.4. The zero-order valence-electron chi connectivity index (χ0n) is 12.5. The van der Waals surface area contributed by atoms with Crippen LogP contribution in [-0.2, 0) is 19.4 Å². The van der Waals surface area contributed by atoms with Gasteiger partial charge in [-0.1, -0.05) is 26.0 Å². The Hall–Kier alpha value is -1.46. The third-order valence-corrected chi connectivity index (χ3v) is 4.26. The van der Waals surface area contributed by atoms with Gasteiger partial charge in [0.1, 0.15) is 0 Å². The fourth-order valence-electron chi connectivity index (χ4n) is 2.01. The summed E-state index contributed by atoms with van der Waals surface area (Å²) in [5.41, 5.74) is 1.15. The van der Waals surface area contributed by atoms with Crippen molar-refractivity contribution in [1.82, 2.24) is 10.3 Å². The Bertz CT molecular complexity index is 571. The van der Waals surface area contributed by atoms with Gasteiger partial charge in [0.2, 0.25) is 0 Å². The summed E-state index contributed by atoms with van der Waals surface area (Å²) >= 11 is 1.72. The highest BCUT2D eigenvalue weighted by atomic mass is 32.1. The smallest absolute Gasteiger partial charge is 0.165 e. The molecule has 0 radical (unpaired) electrons. The van der Waals surface area contributed by atoms with Crippen LogP contribution in [0.2, 0.25) is 0 Å². The first-order valence-corrected chi connectivity index (χ1v) is 8.11. The van der Waals surface area contributed by atoms with E-state index in [1.54, 1.807) is 29.5 Å². The summed E-state index contributed by atoms with van der Waals surface area (Å²) in [4.78, 5) is 5.93. The van der Waals surface area contributed by atoms with Crippen LogP contribution in [0, 0.1) is 5.82 Å². The van der Waals surface area contributed by atoms with E-state index in [1.165, 1.54) is 10.9 Å². The first kappa shape index (κ1) is 15.9. The maximum absolute atomic E-state index is 13.4. The minimum atomic E-state index is -0.321. The zero-order valence-corrected chi connectivity index (χ0v) is 13.3. The van der Waals surface area contributed by atoms with E-state index in [0.717, 1.165) is 30.2 Å². The summed E-state index contributed by atoms with van der Waals surface area (Å²) in [6, 6.07) is 6.47. The third kappa shape index (κ3) is 4.51. The van der Waals surface area contributed by atoms with E-state index in [2.05, 4.69) is 24.1 Å². The molecule has 0 amide bonds. The Morgan fingerprint density at radius 3 is 2.81 bits per heavy atom. The van der Waals surface area contributed by atoms with Gasteiger partial charge in [-0.2, -0.15) is 0 Å². The molecule has 0 unspecified atom stereocenters. The summed E-state index contributed by atoms with van der Waals surface area (Å²) < 4.78 is 18.9. The van der Waals surface area contributed by atoms with Crippen molar-refractivity contribution in [2.24, 2.45) is 0 Å². The van der Waals surface area contributed by atoms with Crippen molar-refractivity contribution in [3.8, 4) is 5.75 Å². The fourth-order valence-corrected chi connectivity index (χ4v) is 3.11. The number of hydrogen-bond acceptors (Lipinski definition) is 4. The number of rotatable bonds is 8. The molecule has 2 rings (SSSR count). The lowest BCUT2D eigenvalue weighted by atomic mass is 10.3. The lowest BCUT2D eigenvalue weighted by Crippen LogP contribution is -2.11. The molecular formula is C16H21FN2OS. The Labute approximate surface area is 129 Å². The number of ether oxygens (including phenoxy) is 1. The van der Waals surface area contributed by atoms with Crippen molar-refractivity contribution in [1.29, 1.82) is 0 Å². The van der Waals surface area contributed by atoms with Crippen LogP contribution in [0.3, 0.4) is 0 Å². The monoisotopic (exact) mass is 308 g/mol. The number of hydrogen-bond donors (Lipinski definition) is 1. The SMILES string of the molecule is CCNCc1sc(CCOc2ccccc2F)nc1CC. The molecule has 1 heterocycles. The molecule has 0 aliphatic heterocycles. The van der Waals surface area contributed by atoms with Crippen LogP contribution in [0.15, 0.2) is 24.3 Å². The molecule has 0 saturated heterocycles. The molecule has 21 heavy (non-hydrogen) atoms. The van der Waals surface area contributed by atoms with Crippen LogP contribution in [0.4, 0.5) is 4.39 Å². The number of aryl methyl sites for hydroxylation is 1. The number of nitrogens with one attached hydrogen (secondary N) is 1. The van der Waals surface area contributed by atoms with Crippen LogP contribution < -0.4 is 10.1 Å². The first-order chi connectivity index (χ1) is 10.2. The molecule has 0 aliphatic rings. The van der Waals surface area contributed by atoms with Gasteiger partial charge in [-0.15, -0.1) is 11.3 Å². The lowest BCUT2D eigenvalue weighted by Gasteiger charge is -2.05. The van der Waals surface area contributed by atoms with Crippen molar-refractivity contribution in [3.63, 3.8) is 0 Å². The Morgan fingerprint density at radius 1 is 1.29 bits per heavy atom. The van der Waals surface area contributed by atoms with E-state index in [0.29, 0.717) is 18.8 Å². The predicted molar refractivity (Wildman–Crippen MR) is 84.5 cm³/mol. The molecule has 5 heteroatoms. The van der Waals surface area contributed by atoms with Crippen LogP contribution in [0.1, 0.15) is 29.4 Å². The molecule has 3 nitrogen and oxygen atoms in total. The number of nitrogens with zero attached hydrogens (tertiary/aromatic N) is 1. The number of halogens is 1. The molecule has 0 bridgehead atoms. The zero-order chi connectivity index (χ0) is 15.1. The molecule has 1 aromatic heterocycles. The van der Waals surface area contributed by atoms with Gasteiger partial charge >= 0.3 is 0 Å². The second-order valence-electron chi connectivity index (χ2n) is 4.64. The van der Waals surface area contributed by atoms with E-state index in [4.69, 9.17) is 4.74 Å². The summed E-state index contributed by atoms with van der Waals surface area (Å²) in [7, 11) is 0. The molecule has 1 aromatic carbocycles. The summed E-state index contributed by atoms with van der Waals surface area (Å²) in [5.74, 6) is -0.0173. The van der Waals surface area contributed by atoms with Crippen molar-refractivity contribution >= 4 is 11.3 Å². The van der Waals surface area contributed by atoms with Crippen molar-refractivity contribution in [2.75, 3.05) is 13.2 Å². The Kier molecular flexibility index (Phi) is 6.14. The standard InChI is InChI=1S/C16H21FN2OS/c1-3-13-15(11-18-4-2)21-16(19-13)9-10-20-14-8-6-5-7-12(14)17/h5-8,18H,3-4,9-11H2,1-2H3. The Morgan fingerprint density at radius 2 is 2.10 bits per heavy atom. The topological polar surface area (TPSA) is 34.1 Å². The number of aromatic nitrogens is 1. The maximum Gasteiger partial charge on any atom is 0.165 e. The van der Waals surface area contributed by atoms with Gasteiger partial charge in [-0.05, 0) is 25.1 Å². The molecule has 2 aromatic rings. The minimum absolute atomic E-state index is 0.303. The van der Waals surface area contributed by atoms with E-state index in [9.17, 15) is 4.39 Å². The fraction of sp³-hybridized carbons (Fsp3) is 0.438. The van der Waals surface area contributed by atoms with E-state index in [-0.39, 0.29) is 5.82 Å². The highest BCUT2D eigenvalue weighted by Gasteiger charge is 2.10. The van der Waals surface area contributed by atoms with Gasteiger partial charge in [-0.3, -0.25) is 0 Å². The third-order valence-electron chi connectivity index (χ3n) is 3.10. The van der Waals surface area contributed by atoms with Crippen LogP contribution >= 0.6 is 11.3 Å². The van der Waals surface area contributed by atoms with Crippen molar-refractivity contribution in [2.45, 2.75) is 33.2 Å². The van der Waals surface area contributed by atoms with Gasteiger partial charge < -0.3 is 10.1 Å². The highest BCUT2D eigenvalue weighted by Crippen LogP contribution is 2.21. The first-order valence-electron chi connectivity index (χ1n) is 7.30. The molecule has 0 fully saturated rings. The van der Waals surface area contributed by atoms with E-state index >= 15 is 0 Å². The quantitative estimate of drug-likeness (QED) is 0.809. The van der Waals surface area contributed by atoms with Gasteiger partial charge in [0.05, 0.1) is 17.3 Å². The Balaban J connectivity index is 1.91. The van der Waals surface area contributed by atoms with E-state index < -0.39 is 0 Å². The molecule has 0 aliphatic carbocycles. The van der Waals surface area contributed by atoms with Crippen molar-refractivity contribution in [3.05, 3.63) is 45.7 Å². The molecule has 1 N–H and O–H groups in total. The molecule has 0 spiro atoms. The summed E-state index contributed by atoms with van der Waals surface area (Å²) in [6.07, 6.45) is 1.64. The normalized spacial score (nSPS) is 10.8.